The molecule has 0 saturated carbocycles. The first kappa shape index (κ1) is 10.3. The third-order valence-electron chi connectivity index (χ3n) is 2.32. The maximum atomic E-state index is 9.42. The fourth-order valence-electron chi connectivity index (χ4n) is 1.52. The number of aliphatic hydroxyl groups excluding tert-OH is 3. The molecule has 0 bridgehead atoms. The molecule has 0 spiro atoms. The number of aliphatic hydroxyl groups is 5. The van der Waals surface area contributed by atoms with E-state index in [2.05, 4.69) is 0 Å². The first-order valence-electron chi connectivity index (χ1n) is 3.94. The van der Waals surface area contributed by atoms with Crippen molar-refractivity contribution in [2.24, 2.45) is 5.41 Å². The molecule has 0 saturated heterocycles. The lowest BCUT2D eigenvalue weighted by molar-refractivity contribution is -0.200. The maximum absolute atomic E-state index is 9.42. The van der Waals surface area contributed by atoms with Crippen LogP contribution >= 0.6 is 0 Å². The van der Waals surface area contributed by atoms with E-state index in [0.717, 1.165) is 0 Å². The fraction of sp³-hybridized carbons (Fsp3) is 0.750. The average molecular weight is 190 g/mol. The molecule has 0 fully saturated rings. The van der Waals surface area contributed by atoms with Crippen molar-refractivity contribution in [2.45, 2.75) is 32.2 Å². The predicted octanol–water partition coefficient (Wildman–Crippen LogP) is -0.214. The molecule has 76 valence electrons. The molecule has 5 N–H and O–H groups in total. The maximum Gasteiger partial charge on any atom is 0.226 e. The van der Waals surface area contributed by atoms with Gasteiger partial charge in [0.05, 0.1) is 0 Å². The lowest BCUT2D eigenvalue weighted by Gasteiger charge is -2.40. The average Bonchev–Trinajstić information content (AvgIpc) is 1.96. The van der Waals surface area contributed by atoms with E-state index in [9.17, 15) is 20.4 Å². The molecule has 0 aliphatic heterocycles. The molecule has 5 nitrogen and oxygen atoms in total. The van der Waals surface area contributed by atoms with Gasteiger partial charge in [-0.2, -0.15) is 0 Å². The summed E-state index contributed by atoms with van der Waals surface area (Å²) in [7, 11) is 0. The second-order valence-electron chi connectivity index (χ2n) is 4.12. The summed E-state index contributed by atoms with van der Waals surface area (Å²) >= 11 is 0. The molecular formula is C8H14O5. The van der Waals surface area contributed by atoms with E-state index in [1.165, 1.54) is 0 Å². The highest BCUT2D eigenvalue weighted by Gasteiger charge is 2.49. The molecule has 13 heavy (non-hydrogen) atoms. The molecule has 0 aromatic heterocycles. The van der Waals surface area contributed by atoms with E-state index in [-0.39, 0.29) is 6.42 Å². The predicted molar refractivity (Wildman–Crippen MR) is 43.9 cm³/mol. The Labute approximate surface area is 75.6 Å². The highest BCUT2D eigenvalue weighted by Crippen LogP contribution is 2.41. The molecule has 0 heterocycles. The van der Waals surface area contributed by atoms with Gasteiger partial charge < -0.3 is 25.5 Å². The summed E-state index contributed by atoms with van der Waals surface area (Å²) in [5.41, 5.74) is -0.889. The molecule has 1 aliphatic rings. The zero-order chi connectivity index (χ0) is 10.4. The Hall–Kier alpha value is -0.780. The minimum absolute atomic E-state index is 0.239. The Morgan fingerprint density at radius 2 is 1.69 bits per heavy atom. The summed E-state index contributed by atoms with van der Waals surface area (Å²) in [6.07, 6.45) is -1.52. The highest BCUT2D eigenvalue weighted by atomic mass is 16.5. The van der Waals surface area contributed by atoms with Gasteiger partial charge in [0, 0.05) is 11.8 Å². The van der Waals surface area contributed by atoms with Crippen LogP contribution in [0.3, 0.4) is 0 Å². The van der Waals surface area contributed by atoms with Gasteiger partial charge in [0.15, 0.2) is 11.5 Å². The fourth-order valence-corrected chi connectivity index (χ4v) is 1.52. The van der Waals surface area contributed by atoms with Gasteiger partial charge in [0.1, 0.15) is 6.10 Å². The van der Waals surface area contributed by atoms with Crippen LogP contribution in [0.2, 0.25) is 0 Å². The van der Waals surface area contributed by atoms with Crippen molar-refractivity contribution in [3.8, 4) is 0 Å². The van der Waals surface area contributed by atoms with Crippen molar-refractivity contribution >= 4 is 0 Å². The molecule has 1 rings (SSSR count). The summed E-state index contributed by atoms with van der Waals surface area (Å²) in [6.45, 7) is 3.11. The zero-order valence-electron chi connectivity index (χ0n) is 7.52. The van der Waals surface area contributed by atoms with Gasteiger partial charge >= 0.3 is 0 Å². The topological polar surface area (TPSA) is 101 Å². The zero-order valence-corrected chi connectivity index (χ0v) is 7.52. The Morgan fingerprint density at radius 3 is 2.15 bits per heavy atom. The van der Waals surface area contributed by atoms with Crippen LogP contribution in [-0.4, -0.2) is 37.4 Å². The Balaban J connectivity index is 3.17. The quantitative estimate of drug-likeness (QED) is 0.340. The first-order chi connectivity index (χ1) is 5.68. The highest BCUT2D eigenvalue weighted by molar-refractivity contribution is 5.19. The molecule has 1 aliphatic carbocycles. The second-order valence-corrected chi connectivity index (χ2v) is 4.12. The Morgan fingerprint density at radius 1 is 1.23 bits per heavy atom. The standard InChI is InChI=1S/C8H14O5/c1-7(2)3-8(12,13)6(11)4(9)5(7)10/h5,9-13H,3H2,1-2H3. The van der Waals surface area contributed by atoms with Crippen LogP contribution < -0.4 is 0 Å². The van der Waals surface area contributed by atoms with E-state index in [0.29, 0.717) is 0 Å². The van der Waals surface area contributed by atoms with E-state index < -0.39 is 28.8 Å². The largest absolute Gasteiger partial charge is 0.506 e. The van der Waals surface area contributed by atoms with Gasteiger partial charge in [-0.05, 0) is 0 Å². The summed E-state index contributed by atoms with van der Waals surface area (Å²) in [6, 6.07) is 0. The molecule has 0 radical (unpaired) electrons. The summed E-state index contributed by atoms with van der Waals surface area (Å²) in [5, 5.41) is 46.2. The van der Waals surface area contributed by atoms with Crippen molar-refractivity contribution in [1.29, 1.82) is 0 Å². The van der Waals surface area contributed by atoms with Crippen LogP contribution in [0.25, 0.3) is 0 Å². The van der Waals surface area contributed by atoms with E-state index >= 15 is 0 Å². The van der Waals surface area contributed by atoms with Crippen molar-refractivity contribution in [3.63, 3.8) is 0 Å². The molecule has 0 amide bonds. The van der Waals surface area contributed by atoms with E-state index in [1.807, 2.05) is 0 Å². The first-order valence-corrected chi connectivity index (χ1v) is 3.94. The minimum Gasteiger partial charge on any atom is -0.506 e. The van der Waals surface area contributed by atoms with Crippen molar-refractivity contribution in [2.75, 3.05) is 0 Å². The lowest BCUT2D eigenvalue weighted by atomic mass is 9.74. The lowest BCUT2D eigenvalue weighted by Crippen LogP contribution is -2.48. The Kier molecular flexibility index (Phi) is 2.06. The number of rotatable bonds is 0. The van der Waals surface area contributed by atoms with Gasteiger partial charge in [-0.25, -0.2) is 0 Å². The molecular weight excluding hydrogens is 176 g/mol. The van der Waals surface area contributed by atoms with Crippen molar-refractivity contribution in [3.05, 3.63) is 11.5 Å². The SMILES string of the molecule is CC1(C)CC(O)(O)C(O)=C(O)C1O. The van der Waals surface area contributed by atoms with Crippen molar-refractivity contribution in [1.82, 2.24) is 0 Å². The van der Waals surface area contributed by atoms with Crippen LogP contribution in [-0.2, 0) is 0 Å². The molecule has 1 atom stereocenters. The van der Waals surface area contributed by atoms with E-state index in [4.69, 9.17) is 5.11 Å². The normalized spacial score (nSPS) is 31.9. The molecule has 1 unspecified atom stereocenters. The summed E-state index contributed by atoms with van der Waals surface area (Å²) < 4.78 is 0. The summed E-state index contributed by atoms with van der Waals surface area (Å²) in [4.78, 5) is 0. The number of hydrogen-bond donors (Lipinski definition) is 5. The van der Waals surface area contributed by atoms with Gasteiger partial charge in [-0.3, -0.25) is 0 Å². The minimum atomic E-state index is -2.45. The molecule has 0 aromatic rings. The van der Waals surface area contributed by atoms with Crippen molar-refractivity contribution < 1.29 is 25.5 Å². The Bertz CT molecular complexity index is 253. The van der Waals surface area contributed by atoms with Crippen LogP contribution in [0.4, 0.5) is 0 Å². The number of hydrogen-bond acceptors (Lipinski definition) is 5. The third kappa shape index (κ3) is 1.50. The summed E-state index contributed by atoms with van der Waals surface area (Å²) in [5.74, 6) is -4.20. The van der Waals surface area contributed by atoms with Gasteiger partial charge in [-0.1, -0.05) is 13.8 Å². The van der Waals surface area contributed by atoms with E-state index in [1.54, 1.807) is 13.8 Å². The molecule has 5 heteroatoms. The van der Waals surface area contributed by atoms with Crippen LogP contribution in [0.1, 0.15) is 20.3 Å². The van der Waals surface area contributed by atoms with Gasteiger partial charge in [0.25, 0.3) is 0 Å². The molecule has 0 aromatic carbocycles. The monoisotopic (exact) mass is 190 g/mol. The third-order valence-corrected chi connectivity index (χ3v) is 2.32. The smallest absolute Gasteiger partial charge is 0.226 e. The second kappa shape index (κ2) is 2.60. The van der Waals surface area contributed by atoms with Crippen LogP contribution in [0.5, 0.6) is 0 Å². The van der Waals surface area contributed by atoms with Gasteiger partial charge in [0.2, 0.25) is 5.79 Å². The van der Waals surface area contributed by atoms with Crippen LogP contribution in [0, 0.1) is 5.41 Å². The van der Waals surface area contributed by atoms with Gasteiger partial charge in [-0.15, -0.1) is 0 Å². The van der Waals surface area contributed by atoms with Crippen LogP contribution in [0.15, 0.2) is 11.5 Å².